The molecule has 0 aliphatic heterocycles. The second-order valence-electron chi connectivity index (χ2n) is 15.8. The largest absolute Gasteiger partial charge is 0.491 e. The number of halogens is 1. The lowest BCUT2D eigenvalue weighted by Gasteiger charge is -2.27. The molecule has 0 aliphatic rings. The number of anilines is 1. The number of nitrogens with one attached hydrogen (secondary N) is 2. The topological polar surface area (TPSA) is 288 Å². The number of carbonyl (C=O) groups is 3. The Bertz CT molecular complexity index is 2770. The molecule has 6 rings (SSSR count). The van der Waals surface area contributed by atoms with E-state index in [4.69, 9.17) is 47.4 Å². The summed E-state index contributed by atoms with van der Waals surface area (Å²) in [4.78, 5) is 47.9. The van der Waals surface area contributed by atoms with E-state index >= 15 is 0 Å². The first kappa shape index (κ1) is 51.1. The Balaban J connectivity index is 1.13. The fraction of sp³-hybridized carbons (Fsp3) is 0.260. The van der Waals surface area contributed by atoms with E-state index < -0.39 is 61.0 Å². The van der Waals surface area contributed by atoms with Crippen LogP contribution in [0.25, 0.3) is 22.6 Å². The molecule has 19 heteroatoms. The number of carbonyl (C=O) groups excluding carboxylic acids is 3. The molecule has 2 aromatic heterocycles. The number of amides is 2. The van der Waals surface area contributed by atoms with Crippen molar-refractivity contribution >= 4 is 47.0 Å². The minimum Gasteiger partial charge on any atom is -0.491 e. The zero-order chi connectivity index (χ0) is 49.5. The minimum absolute atomic E-state index is 0.00567. The Morgan fingerprint density at radius 1 is 0.797 bits per heavy atom. The fourth-order valence-electron chi connectivity index (χ4n) is 6.78. The van der Waals surface area contributed by atoms with E-state index in [1.54, 1.807) is 48.5 Å². The van der Waals surface area contributed by atoms with Crippen molar-refractivity contribution in [1.82, 2.24) is 20.6 Å². The van der Waals surface area contributed by atoms with Crippen molar-refractivity contribution in [3.8, 4) is 40.5 Å². The maximum atomic E-state index is 13.2. The summed E-state index contributed by atoms with van der Waals surface area (Å²) in [5.41, 5.74) is 22.4. The summed E-state index contributed by atoms with van der Waals surface area (Å²) < 4.78 is 23.1. The van der Waals surface area contributed by atoms with E-state index in [0.29, 0.717) is 27.9 Å². The van der Waals surface area contributed by atoms with Gasteiger partial charge in [-0.25, -0.2) is 14.8 Å². The molecule has 0 spiro atoms. The third-order valence-corrected chi connectivity index (χ3v) is 11.8. The molecule has 6 unspecified atom stereocenters. The highest BCUT2D eigenvalue weighted by molar-refractivity contribution is 7.98. The molecule has 6 aromatic rings. The number of nitrogen functional groups attached to an aromatic ring is 1. The average molecular weight is 973 g/mol. The number of ether oxygens (including phenoxy) is 3. The van der Waals surface area contributed by atoms with Crippen LogP contribution in [0.4, 0.5) is 5.82 Å². The number of pyridine rings is 1. The summed E-state index contributed by atoms with van der Waals surface area (Å²) in [6.07, 6.45) is -0.723. The Morgan fingerprint density at radius 2 is 1.38 bits per heavy atom. The molecule has 0 radical (unpaired) electrons. The Labute approximate surface area is 407 Å². The summed E-state index contributed by atoms with van der Waals surface area (Å²) in [6.45, 7) is 2.24. The zero-order valence-electron chi connectivity index (χ0n) is 37.6. The SMILES string of the molecule is CC(NC(=O)C(N)Cc1ccccc1)C(=O)OCC(COc1ccc(-c2c(C#N)c(N)nc(SCc3coc(-c4ccc(Cl)cc4)n3)c2C#N)cc1)OC(O)C(C)NC(=O)C(N)Cc1ccccc1. The number of thioether (sulfide) groups is 1. The molecule has 0 bridgehead atoms. The van der Waals surface area contributed by atoms with E-state index in [0.717, 1.165) is 16.7 Å². The zero-order valence-corrected chi connectivity index (χ0v) is 39.2. The van der Waals surface area contributed by atoms with Crippen LogP contribution in [-0.4, -0.2) is 82.6 Å². The van der Waals surface area contributed by atoms with E-state index in [9.17, 15) is 30.0 Å². The summed E-state index contributed by atoms with van der Waals surface area (Å²) in [5.74, 6) is -1.01. The predicted molar refractivity (Wildman–Crippen MR) is 259 cm³/mol. The van der Waals surface area contributed by atoms with Gasteiger partial charge in [-0.15, -0.1) is 0 Å². The van der Waals surface area contributed by atoms with Gasteiger partial charge in [0, 0.05) is 21.9 Å². The van der Waals surface area contributed by atoms with Crippen molar-refractivity contribution in [3.05, 3.63) is 148 Å². The highest BCUT2D eigenvalue weighted by Gasteiger charge is 2.28. The maximum Gasteiger partial charge on any atom is 0.328 e. The van der Waals surface area contributed by atoms with Crippen LogP contribution in [0.5, 0.6) is 5.75 Å². The standard InChI is InChI=1S/C50H50ClN9O8S/c1-29(57-45(61)41(54)21-31-9-5-3-6-10-31)49(63)67-27-38(68-50(64)30(2)58-46(62)42(55)22-32-11-7-4-8-12-32)26-65-37-19-15-33(16-20-37)43-39(23-52)44(56)60-48(40(43)24-53)69-28-36-25-66-47(59-36)34-13-17-35(51)18-14-34/h3-20,25,29-30,38,41-42,50,64H,21-22,26-28,54-55H2,1-2H3,(H2,56,60)(H,57,61)(H,58,62). The van der Waals surface area contributed by atoms with Gasteiger partial charge in [-0.2, -0.15) is 10.5 Å². The van der Waals surface area contributed by atoms with Gasteiger partial charge in [-0.1, -0.05) is 96.2 Å². The van der Waals surface area contributed by atoms with E-state index in [-0.39, 0.29) is 52.7 Å². The van der Waals surface area contributed by atoms with Crippen LogP contribution in [0.15, 0.2) is 125 Å². The molecule has 6 atom stereocenters. The molecule has 9 N–H and O–H groups in total. The molecule has 356 valence electrons. The summed E-state index contributed by atoms with van der Waals surface area (Å²) in [5, 5.41) is 37.7. The van der Waals surface area contributed by atoms with Crippen LogP contribution in [0.3, 0.4) is 0 Å². The summed E-state index contributed by atoms with van der Waals surface area (Å²) >= 11 is 7.22. The Hall–Kier alpha value is -7.29. The number of benzene rings is 4. The second kappa shape index (κ2) is 24.6. The quantitative estimate of drug-likeness (QED) is 0.0280. The lowest BCUT2D eigenvalue weighted by molar-refractivity contribution is -0.180. The van der Waals surface area contributed by atoms with Crippen molar-refractivity contribution in [2.75, 3.05) is 18.9 Å². The molecule has 4 aromatic carbocycles. The summed E-state index contributed by atoms with van der Waals surface area (Å²) in [6, 6.07) is 32.2. The highest BCUT2D eigenvalue weighted by Crippen LogP contribution is 2.37. The van der Waals surface area contributed by atoms with Gasteiger partial charge in [0.25, 0.3) is 0 Å². The molecule has 69 heavy (non-hydrogen) atoms. The number of esters is 1. The number of hydrogen-bond donors (Lipinski definition) is 6. The lowest BCUT2D eigenvalue weighted by Crippen LogP contribution is -2.51. The van der Waals surface area contributed by atoms with Crippen LogP contribution in [0.1, 0.15) is 41.8 Å². The van der Waals surface area contributed by atoms with E-state index in [2.05, 4.69) is 32.7 Å². The Kier molecular flexibility index (Phi) is 18.3. The van der Waals surface area contributed by atoms with Gasteiger partial charge in [0.1, 0.15) is 65.9 Å². The number of aliphatic hydroxyl groups is 1. The number of nitriles is 2. The number of aliphatic hydroxyl groups excluding tert-OH is 1. The van der Waals surface area contributed by atoms with Gasteiger partial charge in [-0.05, 0) is 79.8 Å². The molecular formula is C50H50ClN9O8S. The second-order valence-corrected chi connectivity index (χ2v) is 17.2. The fourth-order valence-corrected chi connectivity index (χ4v) is 7.78. The first-order valence-corrected chi connectivity index (χ1v) is 23.0. The average Bonchev–Trinajstić information content (AvgIpc) is 3.83. The highest BCUT2D eigenvalue weighted by atomic mass is 35.5. The molecule has 0 saturated heterocycles. The van der Waals surface area contributed by atoms with Crippen LogP contribution >= 0.6 is 23.4 Å². The van der Waals surface area contributed by atoms with E-state index in [1.165, 1.54) is 31.9 Å². The number of oxazole rings is 1. The lowest BCUT2D eigenvalue weighted by atomic mass is 9.97. The van der Waals surface area contributed by atoms with Gasteiger partial charge in [0.15, 0.2) is 6.29 Å². The van der Waals surface area contributed by atoms with Gasteiger partial charge in [-0.3, -0.25) is 9.59 Å². The molecular weight excluding hydrogens is 922 g/mol. The third-order valence-electron chi connectivity index (χ3n) is 10.5. The molecule has 0 fully saturated rings. The first-order chi connectivity index (χ1) is 33.2. The number of hydrogen-bond acceptors (Lipinski definition) is 16. The van der Waals surface area contributed by atoms with Gasteiger partial charge >= 0.3 is 5.97 Å². The number of rotatable bonds is 22. The van der Waals surface area contributed by atoms with Crippen LogP contribution < -0.4 is 32.6 Å². The molecule has 0 saturated carbocycles. The van der Waals surface area contributed by atoms with Gasteiger partial charge in [0.05, 0.1) is 29.4 Å². The minimum atomic E-state index is -1.62. The van der Waals surface area contributed by atoms with Crippen molar-refractivity contribution in [2.45, 2.75) is 74.0 Å². The van der Waals surface area contributed by atoms with E-state index in [1.807, 2.05) is 60.7 Å². The molecule has 17 nitrogen and oxygen atoms in total. The summed E-state index contributed by atoms with van der Waals surface area (Å²) in [7, 11) is 0. The number of aromatic nitrogens is 2. The van der Waals surface area contributed by atoms with Crippen LogP contribution in [0, 0.1) is 22.7 Å². The molecule has 2 heterocycles. The molecule has 0 aliphatic carbocycles. The number of nitrogens with zero attached hydrogens (tertiary/aromatic N) is 4. The third kappa shape index (κ3) is 14.4. The maximum absolute atomic E-state index is 13.2. The Morgan fingerprint density at radius 3 is 1.97 bits per heavy atom. The normalized spacial score (nSPS) is 13.6. The van der Waals surface area contributed by atoms with Crippen molar-refractivity contribution in [1.29, 1.82) is 10.5 Å². The van der Waals surface area contributed by atoms with Crippen molar-refractivity contribution < 1.29 is 38.1 Å². The predicted octanol–water partition coefficient (Wildman–Crippen LogP) is 5.45. The van der Waals surface area contributed by atoms with Gasteiger partial charge in [0.2, 0.25) is 17.7 Å². The smallest absolute Gasteiger partial charge is 0.328 e. The van der Waals surface area contributed by atoms with Crippen LogP contribution in [-0.2, 0) is 42.5 Å². The van der Waals surface area contributed by atoms with Crippen LogP contribution in [0.2, 0.25) is 5.02 Å². The van der Waals surface area contributed by atoms with Crippen molar-refractivity contribution in [3.63, 3.8) is 0 Å². The molecule has 2 amide bonds. The van der Waals surface area contributed by atoms with Gasteiger partial charge < -0.3 is 51.6 Å². The first-order valence-electron chi connectivity index (χ1n) is 21.6. The number of nitrogens with two attached hydrogens (primary N) is 3. The van der Waals surface area contributed by atoms with Crippen molar-refractivity contribution in [2.24, 2.45) is 11.5 Å². The monoisotopic (exact) mass is 971 g/mol.